The lowest BCUT2D eigenvalue weighted by Gasteiger charge is -2.26. The highest BCUT2D eigenvalue weighted by molar-refractivity contribution is 7.17. The van der Waals surface area contributed by atoms with Crippen molar-refractivity contribution in [3.63, 3.8) is 0 Å². The molecule has 3 amide bonds. The molecule has 1 aromatic carbocycles. The van der Waals surface area contributed by atoms with Crippen molar-refractivity contribution < 1.29 is 19.1 Å². The molecule has 0 aliphatic carbocycles. The number of nitrogens with one attached hydrogen (secondary N) is 1. The van der Waals surface area contributed by atoms with Crippen LogP contribution in [0.2, 0.25) is 0 Å². The summed E-state index contributed by atoms with van der Waals surface area (Å²) < 4.78 is 5.96. The van der Waals surface area contributed by atoms with Crippen LogP contribution in [0.5, 0.6) is 0 Å². The van der Waals surface area contributed by atoms with Crippen molar-refractivity contribution in [1.82, 2.24) is 9.88 Å². The third kappa shape index (κ3) is 3.68. The van der Waals surface area contributed by atoms with Crippen molar-refractivity contribution in [2.45, 2.75) is 19.9 Å². The standard InChI is InChI=1S/C19H18N4O4S2/c1-2-27-19(26)23-6-5-11-14(8-23)29-18(15(11)16(20)24)22-17(25)10-3-4-12-13(7-10)28-9-21-12/h3-4,7,9H,2,5-6,8H2,1H3,(H2,20,24)(H,22,25). The summed E-state index contributed by atoms with van der Waals surface area (Å²) in [6, 6.07) is 5.24. The van der Waals surface area contributed by atoms with Crippen LogP contribution in [0, 0.1) is 0 Å². The van der Waals surface area contributed by atoms with Gasteiger partial charge in [0.15, 0.2) is 0 Å². The minimum Gasteiger partial charge on any atom is -0.450 e. The van der Waals surface area contributed by atoms with Gasteiger partial charge in [-0.25, -0.2) is 9.78 Å². The first-order valence-corrected chi connectivity index (χ1v) is 10.7. The zero-order chi connectivity index (χ0) is 20.5. The predicted molar refractivity (Wildman–Crippen MR) is 112 cm³/mol. The van der Waals surface area contributed by atoms with E-state index in [1.54, 1.807) is 35.5 Å². The Bertz CT molecular complexity index is 1120. The van der Waals surface area contributed by atoms with Gasteiger partial charge in [0.1, 0.15) is 5.00 Å². The van der Waals surface area contributed by atoms with Gasteiger partial charge in [-0.15, -0.1) is 22.7 Å². The molecule has 10 heteroatoms. The van der Waals surface area contributed by atoms with Crippen molar-refractivity contribution in [1.29, 1.82) is 0 Å². The number of hydrogen-bond acceptors (Lipinski definition) is 7. The first kappa shape index (κ1) is 19.3. The number of nitrogens with zero attached hydrogens (tertiary/aromatic N) is 2. The minimum absolute atomic E-state index is 0.296. The van der Waals surface area contributed by atoms with Crippen LogP contribution in [0.3, 0.4) is 0 Å². The number of carbonyl (C=O) groups is 3. The molecule has 3 aromatic rings. The van der Waals surface area contributed by atoms with Gasteiger partial charge in [-0.3, -0.25) is 9.59 Å². The molecule has 3 heterocycles. The summed E-state index contributed by atoms with van der Waals surface area (Å²) in [7, 11) is 0. The number of rotatable bonds is 4. The highest BCUT2D eigenvalue weighted by atomic mass is 32.1. The summed E-state index contributed by atoms with van der Waals surface area (Å²) in [4.78, 5) is 43.5. The first-order valence-electron chi connectivity index (χ1n) is 8.98. The molecule has 0 spiro atoms. The van der Waals surface area contributed by atoms with Gasteiger partial charge in [0.2, 0.25) is 0 Å². The Balaban J connectivity index is 1.61. The van der Waals surface area contributed by atoms with Gasteiger partial charge in [-0.2, -0.15) is 0 Å². The fraction of sp³-hybridized carbons (Fsp3) is 0.263. The number of hydrogen-bond donors (Lipinski definition) is 2. The summed E-state index contributed by atoms with van der Waals surface area (Å²) in [5.74, 6) is -0.927. The molecule has 0 atom stereocenters. The van der Waals surface area contributed by atoms with E-state index in [9.17, 15) is 14.4 Å². The Morgan fingerprint density at radius 1 is 1.34 bits per heavy atom. The normalized spacial score (nSPS) is 13.2. The van der Waals surface area contributed by atoms with Crippen LogP contribution in [-0.2, 0) is 17.7 Å². The zero-order valence-corrected chi connectivity index (χ0v) is 17.2. The number of ether oxygens (including phenoxy) is 1. The molecule has 0 radical (unpaired) electrons. The van der Waals surface area contributed by atoms with Gasteiger partial charge in [0.25, 0.3) is 11.8 Å². The molecule has 29 heavy (non-hydrogen) atoms. The highest BCUT2D eigenvalue weighted by Gasteiger charge is 2.30. The van der Waals surface area contributed by atoms with Crippen LogP contribution in [0.1, 0.15) is 38.1 Å². The van der Waals surface area contributed by atoms with Gasteiger partial charge in [-0.05, 0) is 37.1 Å². The van der Waals surface area contributed by atoms with E-state index in [1.165, 1.54) is 22.7 Å². The summed E-state index contributed by atoms with van der Waals surface area (Å²) in [5.41, 5.74) is 9.73. The van der Waals surface area contributed by atoms with Gasteiger partial charge in [0.05, 0.1) is 34.4 Å². The second-order valence-corrected chi connectivity index (χ2v) is 8.42. The molecule has 3 N–H and O–H groups in total. The maximum atomic E-state index is 12.8. The maximum Gasteiger partial charge on any atom is 0.410 e. The number of amides is 3. The second kappa shape index (κ2) is 7.80. The Morgan fingerprint density at radius 3 is 2.93 bits per heavy atom. The van der Waals surface area contributed by atoms with E-state index in [4.69, 9.17) is 10.5 Å². The van der Waals surface area contributed by atoms with Gasteiger partial charge in [0, 0.05) is 17.0 Å². The minimum atomic E-state index is -0.597. The fourth-order valence-electron chi connectivity index (χ4n) is 3.29. The van der Waals surface area contributed by atoms with Crippen LogP contribution < -0.4 is 11.1 Å². The molecular formula is C19H18N4O4S2. The highest BCUT2D eigenvalue weighted by Crippen LogP contribution is 2.37. The number of primary amides is 1. The van der Waals surface area contributed by atoms with E-state index in [0.29, 0.717) is 42.2 Å². The number of fused-ring (bicyclic) bond motifs is 2. The SMILES string of the molecule is CCOC(=O)N1CCc2c(sc(NC(=O)c3ccc4ncsc4c3)c2C(N)=O)C1. The Morgan fingerprint density at radius 2 is 2.17 bits per heavy atom. The molecule has 150 valence electrons. The lowest BCUT2D eigenvalue weighted by atomic mass is 10.0. The van der Waals surface area contributed by atoms with Gasteiger partial charge < -0.3 is 20.7 Å². The third-order valence-corrected chi connectivity index (χ3v) is 6.57. The maximum absolute atomic E-state index is 12.8. The Hall–Kier alpha value is -2.98. The van der Waals surface area contributed by atoms with E-state index in [1.807, 2.05) is 0 Å². The number of thiophene rings is 1. The number of benzene rings is 1. The van der Waals surface area contributed by atoms with E-state index in [0.717, 1.165) is 20.7 Å². The van der Waals surface area contributed by atoms with Crippen LogP contribution >= 0.6 is 22.7 Å². The van der Waals surface area contributed by atoms with Crippen molar-refractivity contribution in [2.24, 2.45) is 5.73 Å². The lowest BCUT2D eigenvalue weighted by molar-refractivity contribution is 0.0997. The zero-order valence-electron chi connectivity index (χ0n) is 15.6. The molecule has 0 unspecified atom stereocenters. The average Bonchev–Trinajstić information content (AvgIpc) is 3.30. The van der Waals surface area contributed by atoms with Crippen molar-refractivity contribution in [3.8, 4) is 0 Å². The topological polar surface area (TPSA) is 115 Å². The van der Waals surface area contributed by atoms with Gasteiger partial charge in [-0.1, -0.05) is 0 Å². The van der Waals surface area contributed by atoms with E-state index < -0.39 is 12.0 Å². The number of nitrogens with two attached hydrogens (primary N) is 1. The van der Waals surface area contributed by atoms with Crippen molar-refractivity contribution in [3.05, 3.63) is 45.3 Å². The molecule has 4 rings (SSSR count). The fourth-order valence-corrected chi connectivity index (χ4v) is 5.27. The van der Waals surface area contributed by atoms with Crippen LogP contribution in [0.4, 0.5) is 9.80 Å². The average molecular weight is 431 g/mol. The van der Waals surface area contributed by atoms with Crippen LogP contribution in [-0.4, -0.2) is 40.9 Å². The van der Waals surface area contributed by atoms with E-state index >= 15 is 0 Å². The van der Waals surface area contributed by atoms with Gasteiger partial charge >= 0.3 is 6.09 Å². The smallest absolute Gasteiger partial charge is 0.410 e. The Kier molecular flexibility index (Phi) is 5.20. The number of carbonyl (C=O) groups excluding carboxylic acids is 3. The third-order valence-electron chi connectivity index (χ3n) is 4.65. The number of thiazole rings is 1. The summed E-state index contributed by atoms with van der Waals surface area (Å²) in [6.45, 7) is 2.80. The molecule has 8 nitrogen and oxygen atoms in total. The predicted octanol–water partition coefficient (Wildman–Crippen LogP) is 3.22. The number of anilines is 1. The molecular weight excluding hydrogens is 412 g/mol. The van der Waals surface area contributed by atoms with Crippen LogP contribution in [0.25, 0.3) is 10.2 Å². The monoisotopic (exact) mass is 430 g/mol. The summed E-state index contributed by atoms with van der Waals surface area (Å²) in [5, 5.41) is 3.22. The Labute approximate surface area is 174 Å². The quantitative estimate of drug-likeness (QED) is 0.659. The van der Waals surface area contributed by atoms with E-state index in [2.05, 4.69) is 10.3 Å². The second-order valence-electron chi connectivity index (χ2n) is 6.43. The largest absolute Gasteiger partial charge is 0.450 e. The lowest BCUT2D eigenvalue weighted by Crippen LogP contribution is -2.36. The summed E-state index contributed by atoms with van der Waals surface area (Å²) in [6.07, 6.45) is 0.0848. The van der Waals surface area contributed by atoms with Crippen molar-refractivity contribution in [2.75, 3.05) is 18.5 Å². The molecule has 1 aliphatic rings. The molecule has 0 saturated heterocycles. The molecule has 0 saturated carbocycles. The summed E-state index contributed by atoms with van der Waals surface area (Å²) >= 11 is 2.72. The molecule has 1 aliphatic heterocycles. The molecule has 0 fully saturated rings. The number of aromatic nitrogens is 1. The molecule has 0 bridgehead atoms. The van der Waals surface area contributed by atoms with Crippen molar-refractivity contribution >= 4 is 55.8 Å². The first-order chi connectivity index (χ1) is 14.0. The van der Waals surface area contributed by atoms with Crippen LogP contribution in [0.15, 0.2) is 23.7 Å². The molecule has 2 aromatic heterocycles. The van der Waals surface area contributed by atoms with E-state index in [-0.39, 0.29) is 5.91 Å².